The van der Waals surface area contributed by atoms with Crippen LogP contribution in [0.1, 0.15) is 17.3 Å². The minimum Gasteiger partial charge on any atom is -0.295 e. The summed E-state index contributed by atoms with van der Waals surface area (Å²) in [7, 11) is 0. The van der Waals surface area contributed by atoms with Gasteiger partial charge in [-0.15, -0.1) is 29.7 Å². The lowest BCUT2D eigenvalue weighted by Crippen LogP contribution is -2.32. The normalized spacial score (nSPS) is 10.6. The number of hydrogen-bond acceptors (Lipinski definition) is 5. The van der Waals surface area contributed by atoms with Crippen LogP contribution >= 0.6 is 23.1 Å². The quantitative estimate of drug-likeness (QED) is 0.273. The van der Waals surface area contributed by atoms with Crippen molar-refractivity contribution < 1.29 is 14.0 Å². The second kappa shape index (κ2) is 9.62. The highest BCUT2D eigenvalue weighted by Gasteiger charge is 2.19. The van der Waals surface area contributed by atoms with E-state index in [1.165, 1.54) is 30.4 Å². The van der Waals surface area contributed by atoms with E-state index in [1.54, 1.807) is 17.0 Å². The Hall–Kier alpha value is -2.77. The minimum absolute atomic E-state index is 0.0461. The maximum Gasteiger partial charge on any atom is 0.239 e. The molecule has 0 atom stereocenters. The summed E-state index contributed by atoms with van der Waals surface area (Å²) in [6.45, 7) is 5.41. The predicted octanol–water partition coefficient (Wildman–Crippen LogP) is 5.46. The lowest BCUT2D eigenvalue weighted by Gasteiger charge is -2.18. The molecule has 1 heterocycles. The third-order valence-corrected chi connectivity index (χ3v) is 5.99. The number of hydrogen-bond donors (Lipinski definition) is 0. The monoisotopic (exact) mass is 426 g/mol. The molecule has 0 aliphatic rings. The summed E-state index contributed by atoms with van der Waals surface area (Å²) < 4.78 is 14.2. The van der Waals surface area contributed by atoms with Gasteiger partial charge in [-0.2, -0.15) is 0 Å². The fourth-order valence-electron chi connectivity index (χ4n) is 2.60. The first kappa shape index (κ1) is 21.0. The molecule has 1 aromatic heterocycles. The van der Waals surface area contributed by atoms with Crippen LogP contribution in [0.25, 0.3) is 11.3 Å². The number of carbonyl (C=O) groups is 2. The minimum atomic E-state index is -0.508. The molecule has 0 fully saturated rings. The fraction of sp³-hybridized carbons (Fsp3) is 0.136. The first-order valence-corrected chi connectivity index (χ1v) is 10.7. The second-order valence-corrected chi connectivity index (χ2v) is 8.02. The Morgan fingerprint density at radius 2 is 2.00 bits per heavy atom. The number of aromatic nitrogens is 1. The highest BCUT2D eigenvalue weighted by atomic mass is 32.2. The number of thiazole rings is 1. The van der Waals surface area contributed by atoms with Gasteiger partial charge in [0.1, 0.15) is 5.82 Å². The van der Waals surface area contributed by atoms with E-state index in [2.05, 4.69) is 11.6 Å². The topological polar surface area (TPSA) is 50.3 Å². The Morgan fingerprint density at radius 3 is 2.66 bits per heavy atom. The molecule has 1 amide bonds. The van der Waals surface area contributed by atoms with Crippen LogP contribution in [-0.2, 0) is 4.79 Å². The van der Waals surface area contributed by atoms with Gasteiger partial charge in [0.05, 0.1) is 11.4 Å². The molecule has 0 saturated carbocycles. The van der Waals surface area contributed by atoms with Gasteiger partial charge < -0.3 is 0 Å². The average Bonchev–Trinajstić information content (AvgIpc) is 3.21. The van der Waals surface area contributed by atoms with Crippen LogP contribution in [0.15, 0.2) is 71.5 Å². The average molecular weight is 427 g/mol. The molecule has 0 N–H and O–H groups in total. The zero-order valence-electron chi connectivity index (χ0n) is 15.8. The molecule has 4 nitrogen and oxygen atoms in total. The van der Waals surface area contributed by atoms with Gasteiger partial charge in [0.15, 0.2) is 10.9 Å². The van der Waals surface area contributed by atoms with Crippen molar-refractivity contribution >= 4 is 39.9 Å². The number of nitrogens with zero attached hydrogens (tertiary/aromatic N) is 2. The van der Waals surface area contributed by atoms with E-state index in [0.29, 0.717) is 22.1 Å². The summed E-state index contributed by atoms with van der Waals surface area (Å²) in [6.07, 6.45) is 1.63. The molecule has 0 radical (unpaired) electrons. The summed E-state index contributed by atoms with van der Waals surface area (Å²) in [5, 5.41) is 2.48. The molecule has 2 aromatic carbocycles. The van der Waals surface area contributed by atoms with Crippen molar-refractivity contribution in [1.82, 2.24) is 4.98 Å². The highest BCUT2D eigenvalue weighted by molar-refractivity contribution is 8.00. The first-order valence-electron chi connectivity index (χ1n) is 8.85. The molecule has 29 heavy (non-hydrogen) atoms. The van der Waals surface area contributed by atoms with Crippen LogP contribution < -0.4 is 4.90 Å². The van der Waals surface area contributed by atoms with E-state index in [-0.39, 0.29) is 17.4 Å². The molecule has 3 aromatic rings. The van der Waals surface area contributed by atoms with Crippen LogP contribution in [0.4, 0.5) is 9.52 Å². The first-order chi connectivity index (χ1) is 14.0. The number of rotatable bonds is 8. The van der Waals surface area contributed by atoms with Crippen LogP contribution in [0, 0.1) is 5.82 Å². The summed E-state index contributed by atoms with van der Waals surface area (Å²) in [6, 6.07) is 14.0. The molecule has 3 rings (SSSR count). The van der Waals surface area contributed by atoms with Gasteiger partial charge in [-0.05, 0) is 19.1 Å². The molecular formula is C22H19FN2O2S2. The molecule has 0 aliphatic heterocycles. The van der Waals surface area contributed by atoms with Gasteiger partial charge in [0.2, 0.25) is 5.91 Å². The van der Waals surface area contributed by atoms with Crippen molar-refractivity contribution in [2.75, 3.05) is 17.2 Å². The standard InChI is InChI=1S/C22H19FN2O2S2/c1-3-11-25(22-24-19(13-29-22)16-7-5-4-6-8-16)21(27)14-28-20-10-9-17(15(2)26)12-18(20)23/h3-10,12-13H,1,11,14H2,2H3. The Labute approximate surface area is 177 Å². The summed E-state index contributed by atoms with van der Waals surface area (Å²) in [5.74, 6) is -0.860. The van der Waals surface area contributed by atoms with Gasteiger partial charge in [0, 0.05) is 27.9 Å². The van der Waals surface area contributed by atoms with E-state index in [0.717, 1.165) is 23.0 Å². The zero-order chi connectivity index (χ0) is 20.8. The summed E-state index contributed by atoms with van der Waals surface area (Å²) in [5.41, 5.74) is 2.08. The third-order valence-electron chi connectivity index (χ3n) is 4.09. The van der Waals surface area contributed by atoms with Crippen molar-refractivity contribution in [1.29, 1.82) is 0 Å². The van der Waals surface area contributed by atoms with Crippen molar-refractivity contribution in [3.63, 3.8) is 0 Å². The number of ketones is 1. The largest absolute Gasteiger partial charge is 0.295 e. The number of thioether (sulfide) groups is 1. The Kier molecular flexibility index (Phi) is 6.95. The maximum atomic E-state index is 14.2. The molecule has 0 spiro atoms. The van der Waals surface area contributed by atoms with E-state index in [9.17, 15) is 14.0 Å². The summed E-state index contributed by atoms with van der Waals surface area (Å²) in [4.78, 5) is 30.6. The molecule has 148 valence electrons. The van der Waals surface area contributed by atoms with E-state index >= 15 is 0 Å². The zero-order valence-corrected chi connectivity index (χ0v) is 17.4. The second-order valence-electron chi connectivity index (χ2n) is 6.16. The van der Waals surface area contributed by atoms with Gasteiger partial charge in [-0.25, -0.2) is 9.37 Å². The van der Waals surface area contributed by atoms with E-state index < -0.39 is 5.82 Å². The van der Waals surface area contributed by atoms with Crippen molar-refractivity contribution in [2.24, 2.45) is 0 Å². The van der Waals surface area contributed by atoms with Crippen molar-refractivity contribution in [2.45, 2.75) is 11.8 Å². The predicted molar refractivity (Wildman–Crippen MR) is 117 cm³/mol. The molecule has 0 saturated heterocycles. The van der Waals surface area contributed by atoms with Gasteiger partial charge >= 0.3 is 0 Å². The van der Waals surface area contributed by atoms with Crippen LogP contribution in [0.5, 0.6) is 0 Å². The summed E-state index contributed by atoms with van der Waals surface area (Å²) >= 11 is 2.47. The lowest BCUT2D eigenvalue weighted by molar-refractivity contribution is -0.116. The number of anilines is 1. The fourth-order valence-corrected chi connectivity index (χ4v) is 4.26. The Morgan fingerprint density at radius 1 is 1.24 bits per heavy atom. The number of Topliss-reactive ketones (excluding diaryl/α,β-unsaturated/α-hetero) is 1. The van der Waals surface area contributed by atoms with Gasteiger partial charge in [0.25, 0.3) is 0 Å². The molecular weight excluding hydrogens is 407 g/mol. The Balaban J connectivity index is 1.73. The molecule has 7 heteroatoms. The van der Waals surface area contributed by atoms with Crippen LogP contribution in [0.2, 0.25) is 0 Å². The van der Waals surface area contributed by atoms with Crippen LogP contribution in [0.3, 0.4) is 0 Å². The smallest absolute Gasteiger partial charge is 0.239 e. The Bertz CT molecular complexity index is 1030. The lowest BCUT2D eigenvalue weighted by atomic mass is 10.1. The molecule has 0 bridgehead atoms. The number of benzene rings is 2. The van der Waals surface area contributed by atoms with Crippen molar-refractivity contribution in [3.05, 3.63) is 77.9 Å². The number of amides is 1. The van der Waals surface area contributed by atoms with E-state index in [4.69, 9.17) is 0 Å². The van der Waals surface area contributed by atoms with E-state index in [1.807, 2.05) is 35.7 Å². The molecule has 0 unspecified atom stereocenters. The number of carbonyl (C=O) groups excluding carboxylic acids is 2. The highest BCUT2D eigenvalue weighted by Crippen LogP contribution is 2.29. The van der Waals surface area contributed by atoms with Crippen LogP contribution in [-0.4, -0.2) is 29.0 Å². The van der Waals surface area contributed by atoms with Gasteiger partial charge in [-0.1, -0.05) is 42.5 Å². The van der Waals surface area contributed by atoms with Crippen molar-refractivity contribution in [3.8, 4) is 11.3 Å². The number of halogens is 1. The maximum absolute atomic E-state index is 14.2. The SMILES string of the molecule is C=CCN(C(=O)CSc1ccc(C(C)=O)cc1F)c1nc(-c2ccccc2)cs1. The third kappa shape index (κ3) is 5.19. The van der Waals surface area contributed by atoms with Gasteiger partial charge in [-0.3, -0.25) is 14.5 Å². The molecule has 0 aliphatic carbocycles.